The number of benzene rings is 2. The number of methoxy groups -OCH3 is 1. The van der Waals surface area contributed by atoms with Crippen LogP contribution in [0.4, 0.5) is 32.0 Å². The summed E-state index contributed by atoms with van der Waals surface area (Å²) in [6.07, 6.45) is -4.22. The number of halogens is 8. The van der Waals surface area contributed by atoms with Crippen molar-refractivity contribution in [3.8, 4) is 5.75 Å². The molecule has 2 aromatic rings. The van der Waals surface area contributed by atoms with Crippen LogP contribution in [0.3, 0.4) is 0 Å². The SMILES string of the molecule is COc1c(Br)cc(Br)cc1/C=N/Nc1c(C)c(F)c(C(F)(F)F)c(F)c1F. The minimum absolute atomic E-state index is 0.366. The maximum Gasteiger partial charge on any atom is 0.422 e. The first-order valence-electron chi connectivity index (χ1n) is 7.05. The quantitative estimate of drug-likeness (QED) is 0.219. The lowest BCUT2D eigenvalue weighted by Gasteiger charge is -2.15. The van der Waals surface area contributed by atoms with Crippen LogP contribution in [0.25, 0.3) is 0 Å². The van der Waals surface area contributed by atoms with Crippen LogP contribution < -0.4 is 10.2 Å². The molecule has 0 aliphatic rings. The zero-order valence-corrected chi connectivity index (χ0v) is 16.8. The number of alkyl halides is 3. The van der Waals surface area contributed by atoms with E-state index in [4.69, 9.17) is 4.74 Å². The molecule has 0 atom stereocenters. The molecule has 1 N–H and O–H groups in total. The molecule has 0 fully saturated rings. The summed E-state index contributed by atoms with van der Waals surface area (Å²) in [6, 6.07) is 3.28. The van der Waals surface area contributed by atoms with Gasteiger partial charge in [0.2, 0.25) is 0 Å². The Morgan fingerprint density at radius 2 is 1.70 bits per heavy atom. The Morgan fingerprint density at radius 1 is 1.07 bits per heavy atom. The van der Waals surface area contributed by atoms with Crippen LogP contribution in [-0.2, 0) is 6.18 Å². The summed E-state index contributed by atoms with van der Waals surface area (Å²) in [5.41, 5.74) is -1.45. The Kier molecular flexibility index (Phi) is 6.46. The lowest BCUT2D eigenvalue weighted by atomic mass is 10.1. The van der Waals surface area contributed by atoms with E-state index in [0.717, 1.165) is 13.1 Å². The highest BCUT2D eigenvalue weighted by Gasteiger charge is 2.41. The van der Waals surface area contributed by atoms with Gasteiger partial charge in [0.15, 0.2) is 11.6 Å². The van der Waals surface area contributed by atoms with E-state index in [9.17, 15) is 26.3 Å². The molecule has 0 unspecified atom stereocenters. The number of hydrogen-bond donors (Lipinski definition) is 1. The van der Waals surface area contributed by atoms with Crippen molar-refractivity contribution in [3.63, 3.8) is 0 Å². The molecule has 2 rings (SSSR count). The van der Waals surface area contributed by atoms with Crippen molar-refractivity contribution in [2.45, 2.75) is 13.1 Å². The maximum atomic E-state index is 14.0. The Morgan fingerprint density at radius 3 is 2.26 bits per heavy atom. The van der Waals surface area contributed by atoms with Crippen molar-refractivity contribution in [2.75, 3.05) is 12.5 Å². The van der Waals surface area contributed by atoms with Crippen molar-refractivity contribution >= 4 is 43.8 Å². The standard InChI is InChI=1S/C16H10Br2F6N2O/c1-6-11(19)10(16(22,23)24)12(20)13(21)14(6)26-25-5-7-3-8(17)4-9(18)15(7)27-2/h3-5,26H,1-2H3/b25-5+. The topological polar surface area (TPSA) is 33.6 Å². The molecule has 0 amide bonds. The fraction of sp³-hybridized carbons (Fsp3) is 0.188. The first-order valence-corrected chi connectivity index (χ1v) is 8.64. The molecular weight excluding hydrogens is 510 g/mol. The van der Waals surface area contributed by atoms with Gasteiger partial charge >= 0.3 is 6.18 Å². The third-order valence-electron chi connectivity index (χ3n) is 3.46. The van der Waals surface area contributed by atoms with Gasteiger partial charge in [0.05, 0.1) is 17.8 Å². The largest absolute Gasteiger partial charge is 0.495 e. The first kappa shape index (κ1) is 21.5. The van der Waals surface area contributed by atoms with E-state index in [1.165, 1.54) is 7.11 Å². The van der Waals surface area contributed by atoms with Crippen molar-refractivity contribution in [3.05, 3.63) is 55.2 Å². The van der Waals surface area contributed by atoms with Gasteiger partial charge in [-0.2, -0.15) is 18.3 Å². The number of nitrogens with one attached hydrogen (secondary N) is 1. The number of hydrazone groups is 1. The van der Waals surface area contributed by atoms with Crippen LogP contribution in [0.2, 0.25) is 0 Å². The highest BCUT2D eigenvalue weighted by molar-refractivity contribution is 9.11. The molecule has 27 heavy (non-hydrogen) atoms. The second-order valence-corrected chi connectivity index (χ2v) is 6.96. The molecule has 0 aliphatic carbocycles. The third-order valence-corrected chi connectivity index (χ3v) is 4.51. The number of hydrogen-bond acceptors (Lipinski definition) is 3. The molecule has 0 radical (unpaired) electrons. The van der Waals surface area contributed by atoms with Gasteiger partial charge in [-0.25, -0.2) is 13.2 Å². The Balaban J connectivity index is 2.44. The van der Waals surface area contributed by atoms with Crippen molar-refractivity contribution < 1.29 is 31.1 Å². The van der Waals surface area contributed by atoms with Crippen molar-refractivity contribution in [1.82, 2.24) is 0 Å². The van der Waals surface area contributed by atoms with Gasteiger partial charge in [0.1, 0.15) is 22.8 Å². The van der Waals surface area contributed by atoms with Gasteiger partial charge in [-0.3, -0.25) is 5.43 Å². The van der Waals surface area contributed by atoms with Crippen molar-refractivity contribution in [1.29, 1.82) is 0 Å². The molecule has 2 aromatic carbocycles. The molecule has 0 heterocycles. The molecule has 0 spiro atoms. The third kappa shape index (κ3) is 4.40. The summed E-state index contributed by atoms with van der Waals surface area (Å²) >= 11 is 6.51. The minimum atomic E-state index is -5.38. The van der Waals surface area contributed by atoms with E-state index in [2.05, 4.69) is 37.0 Å². The second-order valence-electron chi connectivity index (χ2n) is 5.19. The molecule has 3 nitrogen and oxygen atoms in total. The van der Waals surface area contributed by atoms with Gasteiger partial charge in [-0.15, -0.1) is 0 Å². The van der Waals surface area contributed by atoms with Gasteiger partial charge in [-0.1, -0.05) is 15.9 Å². The lowest BCUT2D eigenvalue weighted by molar-refractivity contribution is -0.142. The van der Waals surface area contributed by atoms with Gasteiger partial charge in [0.25, 0.3) is 0 Å². The zero-order valence-electron chi connectivity index (χ0n) is 13.6. The monoisotopic (exact) mass is 518 g/mol. The Labute approximate surface area is 166 Å². The maximum absolute atomic E-state index is 14.0. The first-order chi connectivity index (χ1) is 12.5. The Bertz CT molecular complexity index is 886. The molecular formula is C16H10Br2F6N2O. The van der Waals surface area contributed by atoms with Crippen LogP contribution in [0.15, 0.2) is 26.2 Å². The van der Waals surface area contributed by atoms with E-state index in [-0.39, 0.29) is 0 Å². The molecule has 0 aromatic heterocycles. The van der Waals surface area contributed by atoms with Crippen LogP contribution >= 0.6 is 31.9 Å². The number of rotatable bonds is 4. The second kappa shape index (κ2) is 8.09. The summed E-state index contributed by atoms with van der Waals surface area (Å²) < 4.78 is 86.2. The summed E-state index contributed by atoms with van der Waals surface area (Å²) in [5.74, 6) is -5.78. The normalized spacial score (nSPS) is 11.9. The van der Waals surface area contributed by atoms with E-state index in [1.807, 2.05) is 5.43 Å². The van der Waals surface area contributed by atoms with E-state index < -0.39 is 40.4 Å². The molecule has 146 valence electrons. The number of ether oxygens (including phenoxy) is 1. The van der Waals surface area contributed by atoms with Gasteiger partial charge in [0, 0.05) is 15.6 Å². The molecule has 0 saturated carbocycles. The predicted octanol–water partition coefficient (Wildman–Crippen LogP) is 6.41. The number of nitrogens with zero attached hydrogens (tertiary/aromatic N) is 1. The average molecular weight is 520 g/mol. The van der Waals surface area contributed by atoms with E-state index >= 15 is 0 Å². The predicted molar refractivity (Wildman–Crippen MR) is 95.7 cm³/mol. The molecule has 0 aliphatic heterocycles. The van der Waals surface area contributed by atoms with Crippen LogP contribution in [0, 0.1) is 24.4 Å². The summed E-state index contributed by atoms with van der Waals surface area (Å²) in [5, 5.41) is 3.65. The lowest BCUT2D eigenvalue weighted by Crippen LogP contribution is -2.16. The van der Waals surface area contributed by atoms with Crippen molar-refractivity contribution in [2.24, 2.45) is 5.10 Å². The summed E-state index contributed by atoms with van der Waals surface area (Å²) in [6.45, 7) is 0.876. The molecule has 0 bridgehead atoms. The molecule has 0 saturated heterocycles. The van der Waals surface area contributed by atoms with Gasteiger partial charge < -0.3 is 4.74 Å². The summed E-state index contributed by atoms with van der Waals surface area (Å²) in [7, 11) is 1.39. The molecule has 11 heteroatoms. The zero-order chi connectivity index (χ0) is 20.5. The highest BCUT2D eigenvalue weighted by Crippen LogP contribution is 2.39. The van der Waals surface area contributed by atoms with Crippen LogP contribution in [0.5, 0.6) is 5.75 Å². The van der Waals surface area contributed by atoms with E-state index in [1.54, 1.807) is 12.1 Å². The average Bonchev–Trinajstić information content (AvgIpc) is 2.54. The van der Waals surface area contributed by atoms with Crippen LogP contribution in [-0.4, -0.2) is 13.3 Å². The highest BCUT2D eigenvalue weighted by atomic mass is 79.9. The minimum Gasteiger partial charge on any atom is -0.495 e. The number of anilines is 1. The van der Waals surface area contributed by atoms with Gasteiger partial charge in [-0.05, 0) is 35.0 Å². The van der Waals surface area contributed by atoms with E-state index in [0.29, 0.717) is 20.3 Å². The Hall–Kier alpha value is -1.75. The smallest absolute Gasteiger partial charge is 0.422 e. The summed E-state index contributed by atoms with van der Waals surface area (Å²) in [4.78, 5) is 0. The van der Waals surface area contributed by atoms with Crippen LogP contribution in [0.1, 0.15) is 16.7 Å². The fourth-order valence-electron chi connectivity index (χ4n) is 2.22. The fourth-order valence-corrected chi connectivity index (χ4v) is 3.64.